The number of rotatable bonds is 3. The van der Waals surface area contributed by atoms with Crippen LogP contribution in [0.5, 0.6) is 0 Å². The second kappa shape index (κ2) is 5.45. The molecule has 0 aliphatic heterocycles. The highest BCUT2D eigenvalue weighted by Crippen LogP contribution is 2.28. The Bertz CT molecular complexity index is 160. The summed E-state index contributed by atoms with van der Waals surface area (Å²) in [5, 5.41) is 8.82. The van der Waals surface area contributed by atoms with Gasteiger partial charge in [-0.25, -0.2) is 0 Å². The van der Waals surface area contributed by atoms with E-state index in [0.717, 1.165) is 0 Å². The van der Waals surface area contributed by atoms with E-state index in [1.54, 1.807) is 0 Å². The molecular weight excluding hydrogens is 170 g/mol. The molecule has 0 aromatic heterocycles. The molecule has 1 atom stereocenters. The van der Waals surface area contributed by atoms with Gasteiger partial charge in [0.05, 0.1) is 6.07 Å². The number of nitrogens with zero attached hydrogens (tertiary/aromatic N) is 1. The predicted octanol–water partition coefficient (Wildman–Crippen LogP) is 2.75. The molecule has 1 rings (SSSR count). The number of hydrogen-bond acceptors (Lipinski definition) is 3. The molecule has 1 fully saturated rings. The molecular formula is C9H15NOS. The fourth-order valence-electron chi connectivity index (χ4n) is 1.75. The first-order valence-electron chi connectivity index (χ1n) is 4.47. The van der Waals surface area contributed by atoms with Gasteiger partial charge in [-0.3, -0.25) is 4.18 Å². The molecule has 68 valence electrons. The number of hydrogen-bond donors (Lipinski definition) is 0. The van der Waals surface area contributed by atoms with Crippen LogP contribution in [0.25, 0.3) is 0 Å². The normalized spacial score (nSPS) is 21.7. The molecule has 0 N–H and O–H groups in total. The molecule has 1 saturated carbocycles. The van der Waals surface area contributed by atoms with E-state index in [4.69, 9.17) is 9.44 Å². The minimum atomic E-state index is -0.180. The fraction of sp³-hybridized carbons (Fsp3) is 0.889. The standard InChI is InChI=1S/C9H15NOS/c1-12-11-9(7-10)8-5-3-2-4-6-8/h8-9H,2-6H2,1H3. The Hall–Kier alpha value is -0.200. The van der Waals surface area contributed by atoms with Crippen molar-refractivity contribution >= 4 is 12.0 Å². The van der Waals surface area contributed by atoms with Gasteiger partial charge in [-0.15, -0.1) is 0 Å². The lowest BCUT2D eigenvalue weighted by Crippen LogP contribution is -2.22. The Kier molecular flexibility index (Phi) is 4.49. The first kappa shape index (κ1) is 9.88. The van der Waals surface area contributed by atoms with E-state index in [2.05, 4.69) is 6.07 Å². The third-order valence-electron chi connectivity index (χ3n) is 2.41. The van der Waals surface area contributed by atoms with Crippen molar-refractivity contribution in [1.29, 1.82) is 5.26 Å². The van der Waals surface area contributed by atoms with Crippen molar-refractivity contribution in [3.05, 3.63) is 0 Å². The molecule has 0 saturated heterocycles. The minimum absolute atomic E-state index is 0.180. The first-order valence-corrected chi connectivity index (χ1v) is 5.62. The van der Waals surface area contributed by atoms with Gasteiger partial charge in [-0.2, -0.15) is 5.26 Å². The summed E-state index contributed by atoms with van der Waals surface area (Å²) in [5.74, 6) is 0.483. The third-order valence-corrected chi connectivity index (χ3v) is 2.80. The molecule has 0 spiro atoms. The molecule has 0 heterocycles. The lowest BCUT2D eigenvalue weighted by atomic mass is 9.86. The molecule has 1 aliphatic carbocycles. The summed E-state index contributed by atoms with van der Waals surface area (Å²) in [6, 6.07) is 2.23. The van der Waals surface area contributed by atoms with Crippen LogP contribution in [0.15, 0.2) is 0 Å². The van der Waals surface area contributed by atoms with Crippen molar-refractivity contribution < 1.29 is 4.18 Å². The number of nitriles is 1. The van der Waals surface area contributed by atoms with Gasteiger partial charge in [0.25, 0.3) is 0 Å². The molecule has 0 aromatic rings. The lowest BCUT2D eigenvalue weighted by molar-refractivity contribution is 0.178. The summed E-state index contributed by atoms with van der Waals surface area (Å²) in [6.07, 6.45) is 7.88. The van der Waals surface area contributed by atoms with E-state index in [0.29, 0.717) is 5.92 Å². The van der Waals surface area contributed by atoms with Gasteiger partial charge in [0, 0.05) is 6.26 Å². The summed E-state index contributed by atoms with van der Waals surface area (Å²) in [5.41, 5.74) is 0. The summed E-state index contributed by atoms with van der Waals surface area (Å²) < 4.78 is 5.29. The van der Waals surface area contributed by atoms with Crippen LogP contribution in [0.3, 0.4) is 0 Å². The monoisotopic (exact) mass is 185 g/mol. The Labute approximate surface area is 78.5 Å². The van der Waals surface area contributed by atoms with E-state index in [9.17, 15) is 0 Å². The average molecular weight is 185 g/mol. The van der Waals surface area contributed by atoms with Crippen molar-refractivity contribution in [3.8, 4) is 6.07 Å². The summed E-state index contributed by atoms with van der Waals surface area (Å²) in [6.45, 7) is 0. The Balaban J connectivity index is 2.36. The second-order valence-electron chi connectivity index (χ2n) is 3.21. The Morgan fingerprint density at radius 2 is 2.08 bits per heavy atom. The van der Waals surface area contributed by atoms with Crippen molar-refractivity contribution in [2.45, 2.75) is 38.2 Å². The third kappa shape index (κ3) is 2.69. The molecule has 12 heavy (non-hydrogen) atoms. The van der Waals surface area contributed by atoms with E-state index in [1.807, 2.05) is 6.26 Å². The zero-order chi connectivity index (χ0) is 8.81. The largest absolute Gasteiger partial charge is 0.297 e. The molecule has 0 aromatic carbocycles. The van der Waals surface area contributed by atoms with Gasteiger partial charge < -0.3 is 0 Å². The van der Waals surface area contributed by atoms with Gasteiger partial charge in [0.2, 0.25) is 0 Å². The van der Waals surface area contributed by atoms with Crippen LogP contribution >= 0.6 is 12.0 Å². The molecule has 1 aliphatic rings. The van der Waals surface area contributed by atoms with Crippen molar-refractivity contribution in [1.82, 2.24) is 0 Å². The fourth-order valence-corrected chi connectivity index (χ4v) is 2.15. The van der Waals surface area contributed by atoms with Crippen molar-refractivity contribution in [3.63, 3.8) is 0 Å². The average Bonchev–Trinajstić information content (AvgIpc) is 2.15. The summed E-state index contributed by atoms with van der Waals surface area (Å²) >= 11 is 1.31. The van der Waals surface area contributed by atoms with Crippen LogP contribution in [0, 0.1) is 17.2 Å². The molecule has 1 unspecified atom stereocenters. The quantitative estimate of drug-likeness (QED) is 0.634. The van der Waals surface area contributed by atoms with Crippen LogP contribution in [-0.2, 0) is 4.18 Å². The second-order valence-corrected chi connectivity index (χ2v) is 3.74. The molecule has 3 heteroatoms. The Morgan fingerprint density at radius 1 is 1.42 bits per heavy atom. The van der Waals surface area contributed by atoms with E-state index in [1.165, 1.54) is 44.1 Å². The van der Waals surface area contributed by atoms with Crippen LogP contribution in [-0.4, -0.2) is 12.4 Å². The van der Waals surface area contributed by atoms with Crippen LogP contribution < -0.4 is 0 Å². The molecule has 0 radical (unpaired) electrons. The van der Waals surface area contributed by atoms with Gasteiger partial charge in [-0.1, -0.05) is 19.3 Å². The van der Waals surface area contributed by atoms with Gasteiger partial charge in [-0.05, 0) is 30.8 Å². The highest BCUT2D eigenvalue weighted by Gasteiger charge is 2.23. The molecule has 0 amide bonds. The highest BCUT2D eigenvalue weighted by atomic mass is 32.2. The van der Waals surface area contributed by atoms with E-state index >= 15 is 0 Å². The lowest BCUT2D eigenvalue weighted by Gasteiger charge is -2.24. The van der Waals surface area contributed by atoms with E-state index in [-0.39, 0.29) is 6.10 Å². The topological polar surface area (TPSA) is 33.0 Å². The zero-order valence-corrected chi connectivity index (χ0v) is 8.27. The minimum Gasteiger partial charge on any atom is -0.297 e. The van der Waals surface area contributed by atoms with E-state index < -0.39 is 0 Å². The molecule has 2 nitrogen and oxygen atoms in total. The van der Waals surface area contributed by atoms with Crippen LogP contribution in [0.4, 0.5) is 0 Å². The Morgan fingerprint density at radius 3 is 2.58 bits per heavy atom. The first-order chi connectivity index (χ1) is 5.88. The van der Waals surface area contributed by atoms with Crippen molar-refractivity contribution in [2.75, 3.05) is 6.26 Å². The molecule has 0 bridgehead atoms. The van der Waals surface area contributed by atoms with Gasteiger partial charge in [0.1, 0.15) is 0 Å². The van der Waals surface area contributed by atoms with Gasteiger partial charge in [0.15, 0.2) is 6.10 Å². The summed E-state index contributed by atoms with van der Waals surface area (Å²) in [7, 11) is 0. The van der Waals surface area contributed by atoms with Gasteiger partial charge >= 0.3 is 0 Å². The highest BCUT2D eigenvalue weighted by molar-refractivity contribution is 7.93. The SMILES string of the molecule is CSOC(C#N)C1CCCCC1. The smallest absolute Gasteiger partial charge is 0.161 e. The maximum Gasteiger partial charge on any atom is 0.161 e. The van der Waals surface area contributed by atoms with Crippen LogP contribution in [0.2, 0.25) is 0 Å². The predicted molar refractivity (Wildman–Crippen MR) is 50.6 cm³/mol. The zero-order valence-electron chi connectivity index (χ0n) is 7.45. The summed E-state index contributed by atoms with van der Waals surface area (Å²) in [4.78, 5) is 0. The maximum absolute atomic E-state index is 8.82. The van der Waals surface area contributed by atoms with Crippen molar-refractivity contribution in [2.24, 2.45) is 5.92 Å². The maximum atomic E-state index is 8.82. The van der Waals surface area contributed by atoms with Crippen LogP contribution in [0.1, 0.15) is 32.1 Å².